The maximum atomic E-state index is 9.39. The van der Waals surface area contributed by atoms with Crippen LogP contribution in [0.2, 0.25) is 0 Å². The summed E-state index contributed by atoms with van der Waals surface area (Å²) in [5.41, 5.74) is 0. The van der Waals surface area contributed by atoms with E-state index in [4.69, 9.17) is 4.43 Å². The lowest BCUT2D eigenvalue weighted by molar-refractivity contribution is 0.218. The Bertz CT molecular complexity index is 64.3. The highest BCUT2D eigenvalue weighted by molar-refractivity contribution is 6.20. The molecule has 8 heavy (non-hydrogen) atoms. The van der Waals surface area contributed by atoms with Gasteiger partial charge in [-0.3, -0.25) is 0 Å². The lowest BCUT2D eigenvalue weighted by Gasteiger charge is -2.02. The summed E-state index contributed by atoms with van der Waals surface area (Å²) in [4.78, 5) is 9.39. The van der Waals surface area contributed by atoms with E-state index in [0.29, 0.717) is 0 Å². The second-order valence-electron chi connectivity index (χ2n) is 1.56. The molecule has 0 rings (SSSR count). The summed E-state index contributed by atoms with van der Waals surface area (Å²) in [5, 5.41) is 0. The first-order valence-corrected chi connectivity index (χ1v) is 3.53. The van der Waals surface area contributed by atoms with Crippen LogP contribution in [0.1, 0.15) is 13.8 Å². The van der Waals surface area contributed by atoms with E-state index in [9.17, 15) is 4.79 Å². The Morgan fingerprint density at radius 3 is 2.62 bits per heavy atom. The van der Waals surface area contributed by atoms with Crippen molar-refractivity contribution < 1.29 is 13.6 Å². The predicted octanol–water partition coefficient (Wildman–Crippen LogP) is -0.506. The monoisotopic (exact) mass is 133 g/mol. The molecule has 0 spiro atoms. The van der Waals surface area contributed by atoms with Crippen LogP contribution in [-0.4, -0.2) is 22.6 Å². The second-order valence-corrected chi connectivity index (χ2v) is 2.42. The van der Waals surface area contributed by atoms with Gasteiger partial charge in [0.2, 0.25) is 0 Å². The normalized spacial score (nSPS) is 10.9. The zero-order valence-corrected chi connectivity index (χ0v) is 6.42. The van der Waals surface area contributed by atoms with Gasteiger partial charge in [0.05, 0.1) is 0 Å². The predicted molar refractivity (Wildman–Crippen MR) is 31.5 cm³/mol. The van der Waals surface area contributed by atoms with E-state index in [1.807, 2.05) is 13.8 Å². The number of hydrogen-bond donors (Lipinski definition) is 0. The van der Waals surface area contributed by atoms with E-state index in [-0.39, 0.29) is 6.10 Å². The van der Waals surface area contributed by atoms with Gasteiger partial charge in [0, 0.05) is 6.10 Å². The largest absolute Gasteiger partial charge is 0.491 e. The van der Waals surface area contributed by atoms with Gasteiger partial charge in [-0.2, -0.15) is 0 Å². The molecule has 4 heteroatoms. The molecular formula is C4H9O3Si. The van der Waals surface area contributed by atoms with Gasteiger partial charge >= 0.3 is 16.5 Å². The molecule has 0 unspecified atom stereocenters. The van der Waals surface area contributed by atoms with Crippen molar-refractivity contribution in [1.29, 1.82) is 0 Å². The molecule has 0 bridgehead atoms. The third-order valence-electron chi connectivity index (χ3n) is 0.519. The minimum Gasteiger partial charge on any atom is -0.491 e. The summed E-state index contributed by atoms with van der Waals surface area (Å²) in [7, 11) is -1.06. The zero-order valence-electron chi connectivity index (χ0n) is 5.01. The molecule has 0 fully saturated rings. The lowest BCUT2D eigenvalue weighted by Crippen LogP contribution is -2.09. The second kappa shape index (κ2) is 4.80. The summed E-state index contributed by atoms with van der Waals surface area (Å²) in [5.74, 6) is 0. The molecule has 0 amide bonds. The van der Waals surface area contributed by atoms with E-state index in [2.05, 4.69) is 4.43 Å². The lowest BCUT2D eigenvalue weighted by atomic mass is 10.5. The smallest absolute Gasteiger partial charge is 0.404 e. The quantitative estimate of drug-likeness (QED) is 0.383. The van der Waals surface area contributed by atoms with E-state index < -0.39 is 10.0 Å². The van der Waals surface area contributed by atoms with E-state index >= 15 is 0 Å². The first-order chi connectivity index (χ1) is 3.77. The fourth-order valence-electron chi connectivity index (χ4n) is 0.194. The van der Waals surface area contributed by atoms with Gasteiger partial charge in [0.15, 0.2) is 0 Å². The van der Waals surface area contributed by atoms with Gasteiger partial charge in [-0.1, -0.05) is 0 Å². The first kappa shape index (κ1) is 7.65. The number of carbonyl (C=O) groups excluding carboxylic acids is 1. The van der Waals surface area contributed by atoms with Crippen LogP contribution in [0.25, 0.3) is 0 Å². The Balaban J connectivity index is 2.81. The Hall–Kier alpha value is -0.353. The van der Waals surface area contributed by atoms with Crippen LogP contribution in [0.5, 0.6) is 0 Å². The van der Waals surface area contributed by atoms with Crippen LogP contribution in [-0.2, 0) is 13.6 Å². The molecule has 0 aromatic carbocycles. The highest BCUT2D eigenvalue weighted by Gasteiger charge is 1.91. The molecule has 0 aliphatic carbocycles. The van der Waals surface area contributed by atoms with Gasteiger partial charge in [-0.25, -0.2) is 4.79 Å². The minimum absolute atomic E-state index is 0.162. The van der Waals surface area contributed by atoms with Crippen molar-refractivity contribution in [2.24, 2.45) is 0 Å². The topological polar surface area (TPSA) is 35.5 Å². The standard InChI is InChI=1S/C4H9O3Si/c1-4(2)7-8-6-3-5/h4H,8H2,1-2H3. The van der Waals surface area contributed by atoms with Gasteiger partial charge in [-0.15, -0.1) is 0 Å². The van der Waals surface area contributed by atoms with Gasteiger partial charge in [0.25, 0.3) is 0 Å². The Kier molecular flexibility index (Phi) is 4.59. The fraction of sp³-hybridized carbons (Fsp3) is 0.750. The van der Waals surface area contributed by atoms with Crippen LogP contribution >= 0.6 is 0 Å². The summed E-state index contributed by atoms with van der Waals surface area (Å²) in [6.07, 6.45) is 0.162. The van der Waals surface area contributed by atoms with Crippen LogP contribution in [0, 0.1) is 0 Å². The van der Waals surface area contributed by atoms with E-state index in [1.54, 1.807) is 0 Å². The first-order valence-electron chi connectivity index (χ1n) is 2.38. The third kappa shape index (κ3) is 5.65. The number of hydrogen-bond acceptors (Lipinski definition) is 3. The van der Waals surface area contributed by atoms with Gasteiger partial charge < -0.3 is 8.85 Å². The Morgan fingerprint density at radius 2 is 2.25 bits per heavy atom. The van der Waals surface area contributed by atoms with Gasteiger partial charge in [0.1, 0.15) is 0 Å². The summed E-state index contributed by atoms with van der Waals surface area (Å²) >= 11 is 0. The molecule has 0 aliphatic heterocycles. The average molecular weight is 133 g/mol. The zero-order chi connectivity index (χ0) is 6.41. The Morgan fingerprint density at radius 1 is 1.62 bits per heavy atom. The average Bonchev–Trinajstić information content (AvgIpc) is 1.66. The van der Waals surface area contributed by atoms with Crippen molar-refractivity contribution in [1.82, 2.24) is 0 Å². The number of rotatable bonds is 4. The van der Waals surface area contributed by atoms with Crippen LogP contribution in [0.3, 0.4) is 0 Å². The van der Waals surface area contributed by atoms with Crippen molar-refractivity contribution in [2.75, 3.05) is 0 Å². The summed E-state index contributed by atoms with van der Waals surface area (Å²) < 4.78 is 9.19. The highest BCUT2D eigenvalue weighted by Crippen LogP contribution is 1.82. The molecule has 0 heterocycles. The molecule has 0 atom stereocenters. The van der Waals surface area contributed by atoms with Crippen LogP contribution in [0.4, 0.5) is 0 Å². The molecule has 0 saturated heterocycles. The van der Waals surface area contributed by atoms with Crippen LogP contribution in [0.15, 0.2) is 0 Å². The van der Waals surface area contributed by atoms with E-state index in [1.165, 1.54) is 6.47 Å². The van der Waals surface area contributed by atoms with Gasteiger partial charge in [-0.05, 0) is 13.8 Å². The van der Waals surface area contributed by atoms with Crippen LogP contribution < -0.4 is 0 Å². The molecule has 47 valence electrons. The Labute approximate surface area is 51.0 Å². The summed E-state index contributed by atoms with van der Waals surface area (Å²) in [6, 6.07) is 0. The molecule has 3 nitrogen and oxygen atoms in total. The maximum absolute atomic E-state index is 9.39. The third-order valence-corrected chi connectivity index (χ3v) is 1.56. The minimum atomic E-state index is -1.06. The molecule has 0 aromatic rings. The SMILES string of the molecule is CC(C)O[SiH2]O[C]=O. The molecule has 0 saturated carbocycles. The van der Waals surface area contributed by atoms with E-state index in [0.717, 1.165) is 0 Å². The molecular weight excluding hydrogens is 124 g/mol. The highest BCUT2D eigenvalue weighted by atomic mass is 28.3. The molecule has 0 N–H and O–H groups in total. The van der Waals surface area contributed by atoms with Crippen molar-refractivity contribution in [3.63, 3.8) is 0 Å². The fourth-order valence-corrected chi connectivity index (χ4v) is 0.582. The van der Waals surface area contributed by atoms with Crippen molar-refractivity contribution >= 4 is 16.5 Å². The van der Waals surface area contributed by atoms with Crippen molar-refractivity contribution in [3.05, 3.63) is 0 Å². The van der Waals surface area contributed by atoms with Crippen molar-refractivity contribution in [2.45, 2.75) is 20.0 Å². The maximum Gasteiger partial charge on any atom is 0.404 e. The molecule has 0 aliphatic rings. The summed E-state index contributed by atoms with van der Waals surface area (Å²) in [6.45, 7) is 5.09. The molecule has 1 radical (unpaired) electrons. The van der Waals surface area contributed by atoms with Crippen molar-refractivity contribution in [3.8, 4) is 0 Å². The molecule has 0 aromatic heterocycles.